The number of benzene rings is 3. The molecule has 4 rings (SSSR count). The van der Waals surface area contributed by atoms with Gasteiger partial charge in [-0.2, -0.15) is 4.31 Å². The summed E-state index contributed by atoms with van der Waals surface area (Å²) < 4.78 is 33.6. The zero-order valence-electron chi connectivity index (χ0n) is 21.0. The molecule has 1 aliphatic heterocycles. The van der Waals surface area contributed by atoms with Crippen LogP contribution in [0, 0.1) is 6.92 Å². The normalized spacial score (nSPS) is 14.8. The van der Waals surface area contributed by atoms with E-state index in [0.717, 1.165) is 16.7 Å². The van der Waals surface area contributed by atoms with E-state index in [1.807, 2.05) is 13.0 Å². The summed E-state index contributed by atoms with van der Waals surface area (Å²) >= 11 is 0. The molecule has 1 saturated heterocycles. The maximum Gasteiger partial charge on any atom is 0.335 e. The molecule has 200 valence electrons. The number of piperazine rings is 1. The third-order valence-corrected chi connectivity index (χ3v) is 8.37. The van der Waals surface area contributed by atoms with E-state index in [0.29, 0.717) is 44.0 Å². The first-order valence-electron chi connectivity index (χ1n) is 12.2. The Morgan fingerprint density at radius 3 is 2.11 bits per heavy atom. The molecular formula is C28H30N2O7S. The van der Waals surface area contributed by atoms with E-state index < -0.39 is 22.0 Å². The van der Waals surface area contributed by atoms with Crippen molar-refractivity contribution >= 4 is 22.0 Å². The molecule has 38 heavy (non-hydrogen) atoms. The zero-order chi connectivity index (χ0) is 27.3. The minimum absolute atomic E-state index is 0.119. The highest BCUT2D eigenvalue weighted by molar-refractivity contribution is 7.89. The fourth-order valence-corrected chi connectivity index (χ4v) is 5.74. The van der Waals surface area contributed by atoms with Crippen LogP contribution in [0.2, 0.25) is 0 Å². The van der Waals surface area contributed by atoms with Gasteiger partial charge in [0.2, 0.25) is 10.0 Å². The SMILES string of the molecule is Cc1ccc(S(=O)(=O)N2CCN(Cc3cc(CC(=O)O)ccc3OCc3ccc(C(=O)O)cc3)CC2)cc1. The number of nitrogens with zero attached hydrogens (tertiary/aromatic N) is 2. The summed E-state index contributed by atoms with van der Waals surface area (Å²) in [4.78, 5) is 24.7. The number of aliphatic carboxylic acids is 1. The van der Waals surface area contributed by atoms with E-state index in [9.17, 15) is 23.1 Å². The molecule has 1 heterocycles. The van der Waals surface area contributed by atoms with Crippen LogP contribution >= 0.6 is 0 Å². The molecular weight excluding hydrogens is 508 g/mol. The molecule has 0 aromatic heterocycles. The van der Waals surface area contributed by atoms with Crippen molar-refractivity contribution in [3.63, 3.8) is 0 Å². The Morgan fingerprint density at radius 1 is 0.868 bits per heavy atom. The molecule has 0 spiro atoms. The molecule has 0 atom stereocenters. The van der Waals surface area contributed by atoms with E-state index >= 15 is 0 Å². The third-order valence-electron chi connectivity index (χ3n) is 6.46. The van der Waals surface area contributed by atoms with Crippen molar-refractivity contribution in [2.75, 3.05) is 26.2 Å². The summed E-state index contributed by atoms with van der Waals surface area (Å²) in [6.45, 7) is 4.32. The van der Waals surface area contributed by atoms with Crippen molar-refractivity contribution in [2.45, 2.75) is 31.4 Å². The van der Waals surface area contributed by atoms with Gasteiger partial charge in [-0.15, -0.1) is 0 Å². The minimum Gasteiger partial charge on any atom is -0.489 e. The molecule has 3 aromatic carbocycles. The van der Waals surface area contributed by atoms with Crippen molar-refractivity contribution in [1.29, 1.82) is 0 Å². The van der Waals surface area contributed by atoms with Gasteiger partial charge in [-0.05, 0) is 48.4 Å². The van der Waals surface area contributed by atoms with Gasteiger partial charge >= 0.3 is 11.9 Å². The van der Waals surface area contributed by atoms with Crippen molar-refractivity contribution in [3.8, 4) is 5.75 Å². The molecule has 0 unspecified atom stereocenters. The van der Waals surface area contributed by atoms with Crippen LogP contribution in [0.25, 0.3) is 0 Å². The van der Waals surface area contributed by atoms with Gasteiger partial charge in [0.05, 0.1) is 16.9 Å². The second-order valence-electron chi connectivity index (χ2n) is 9.30. The topological polar surface area (TPSA) is 124 Å². The van der Waals surface area contributed by atoms with Crippen LogP contribution in [-0.2, 0) is 34.4 Å². The van der Waals surface area contributed by atoms with Crippen LogP contribution in [-0.4, -0.2) is 66.0 Å². The lowest BCUT2D eigenvalue weighted by Gasteiger charge is -2.34. The van der Waals surface area contributed by atoms with Crippen LogP contribution in [0.15, 0.2) is 71.6 Å². The van der Waals surface area contributed by atoms with Crippen LogP contribution in [0.5, 0.6) is 5.75 Å². The number of ether oxygens (including phenoxy) is 1. The fourth-order valence-electron chi connectivity index (χ4n) is 4.31. The van der Waals surface area contributed by atoms with Gasteiger partial charge < -0.3 is 14.9 Å². The molecule has 3 aromatic rings. The quantitative estimate of drug-likeness (QED) is 0.403. The number of carbonyl (C=O) groups is 2. The molecule has 9 nitrogen and oxygen atoms in total. The highest BCUT2D eigenvalue weighted by atomic mass is 32.2. The van der Waals surface area contributed by atoms with Gasteiger partial charge in [0, 0.05) is 38.3 Å². The highest BCUT2D eigenvalue weighted by Gasteiger charge is 2.28. The monoisotopic (exact) mass is 538 g/mol. The van der Waals surface area contributed by atoms with Gasteiger partial charge in [0.1, 0.15) is 12.4 Å². The average molecular weight is 539 g/mol. The number of hydrogen-bond acceptors (Lipinski definition) is 6. The fraction of sp³-hybridized carbons (Fsp3) is 0.286. The van der Waals surface area contributed by atoms with Crippen molar-refractivity contribution in [2.24, 2.45) is 0 Å². The largest absolute Gasteiger partial charge is 0.489 e. The molecule has 0 aliphatic carbocycles. The van der Waals surface area contributed by atoms with Crippen molar-refractivity contribution in [3.05, 3.63) is 94.5 Å². The molecule has 1 fully saturated rings. The molecule has 2 N–H and O–H groups in total. The smallest absolute Gasteiger partial charge is 0.335 e. The number of aromatic carboxylic acids is 1. The molecule has 1 aliphatic rings. The summed E-state index contributed by atoms with van der Waals surface area (Å²) in [6, 6.07) is 18.5. The minimum atomic E-state index is -3.57. The van der Waals surface area contributed by atoms with Crippen LogP contribution in [0.4, 0.5) is 0 Å². The highest BCUT2D eigenvalue weighted by Crippen LogP contribution is 2.25. The summed E-state index contributed by atoms with van der Waals surface area (Å²) in [7, 11) is -3.57. The lowest BCUT2D eigenvalue weighted by molar-refractivity contribution is -0.136. The summed E-state index contributed by atoms with van der Waals surface area (Å²) in [5.74, 6) is -1.34. The molecule has 0 saturated carbocycles. The van der Waals surface area contributed by atoms with Crippen LogP contribution in [0.3, 0.4) is 0 Å². The predicted octanol–water partition coefficient (Wildman–Crippen LogP) is 3.41. The van der Waals surface area contributed by atoms with Crippen LogP contribution in [0.1, 0.15) is 32.6 Å². The number of carboxylic acid groups (broad SMARTS) is 2. The Labute approximate surface area is 221 Å². The Kier molecular flexibility index (Phi) is 8.45. The van der Waals surface area contributed by atoms with E-state index in [1.165, 1.54) is 16.4 Å². The Morgan fingerprint density at radius 2 is 1.50 bits per heavy atom. The predicted molar refractivity (Wildman–Crippen MR) is 141 cm³/mol. The maximum atomic E-state index is 13.0. The van der Waals surface area contributed by atoms with Crippen LogP contribution < -0.4 is 4.74 Å². The second-order valence-corrected chi connectivity index (χ2v) is 11.2. The van der Waals surface area contributed by atoms with E-state index in [2.05, 4.69) is 4.90 Å². The van der Waals surface area contributed by atoms with Gasteiger partial charge in [0.15, 0.2) is 0 Å². The number of aryl methyl sites for hydroxylation is 1. The van der Waals surface area contributed by atoms with Gasteiger partial charge in [-0.1, -0.05) is 42.0 Å². The first-order chi connectivity index (χ1) is 18.1. The van der Waals surface area contributed by atoms with E-state index in [-0.39, 0.29) is 23.5 Å². The second kappa shape index (κ2) is 11.8. The zero-order valence-corrected chi connectivity index (χ0v) is 21.9. The summed E-state index contributed by atoms with van der Waals surface area (Å²) in [5, 5.41) is 18.3. The Hall–Kier alpha value is -3.73. The van der Waals surface area contributed by atoms with Gasteiger partial charge in [-0.3, -0.25) is 9.69 Å². The third kappa shape index (κ3) is 6.77. The first-order valence-corrected chi connectivity index (χ1v) is 13.6. The van der Waals surface area contributed by atoms with E-state index in [4.69, 9.17) is 9.84 Å². The van der Waals surface area contributed by atoms with Gasteiger partial charge in [0.25, 0.3) is 0 Å². The summed E-state index contributed by atoms with van der Waals surface area (Å²) in [5.41, 5.74) is 3.43. The number of rotatable bonds is 10. The lowest BCUT2D eigenvalue weighted by atomic mass is 10.1. The summed E-state index contributed by atoms with van der Waals surface area (Å²) in [6.07, 6.45) is -0.119. The Bertz CT molecular complexity index is 1400. The van der Waals surface area contributed by atoms with Crippen molar-refractivity contribution in [1.82, 2.24) is 9.21 Å². The molecule has 0 bridgehead atoms. The standard InChI is InChI=1S/C28H30N2O7S/c1-20-2-9-25(10-3-20)38(35,36)30-14-12-29(13-15-30)18-24-16-22(17-27(31)32)6-11-26(24)37-19-21-4-7-23(8-5-21)28(33)34/h2-11,16H,12-15,17-19H2,1H3,(H,31,32)(H,33,34). The molecule has 0 radical (unpaired) electrons. The number of carboxylic acids is 2. The maximum absolute atomic E-state index is 13.0. The Balaban J connectivity index is 1.44. The van der Waals surface area contributed by atoms with E-state index in [1.54, 1.807) is 48.5 Å². The molecule has 10 heteroatoms. The first kappa shape index (κ1) is 27.3. The number of sulfonamides is 1. The number of hydrogen-bond donors (Lipinski definition) is 2. The van der Waals surface area contributed by atoms with Gasteiger partial charge in [-0.25, -0.2) is 13.2 Å². The molecule has 0 amide bonds. The lowest BCUT2D eigenvalue weighted by Crippen LogP contribution is -2.48. The van der Waals surface area contributed by atoms with Crippen molar-refractivity contribution < 1.29 is 33.0 Å². The average Bonchev–Trinajstić information content (AvgIpc) is 2.89.